The van der Waals surface area contributed by atoms with Crippen LogP contribution in [0.4, 0.5) is 5.69 Å². The summed E-state index contributed by atoms with van der Waals surface area (Å²) in [5, 5.41) is 0. The maximum atomic E-state index is 13.3. The van der Waals surface area contributed by atoms with Gasteiger partial charge in [-0.2, -0.15) is 0 Å². The SMILES string of the molecule is C=C1N(CCCN2C(CC)=NC(C)=C(C(=O)OC(C)C)C2c2cccc(C)c2)CCN1c1ccccc1. The quantitative estimate of drug-likeness (QED) is 0.391. The largest absolute Gasteiger partial charge is 0.459 e. The number of aliphatic imine (C=N–C) groups is 1. The molecule has 196 valence electrons. The number of hydrogen-bond donors (Lipinski definition) is 0. The predicted molar refractivity (Wildman–Crippen MR) is 151 cm³/mol. The van der Waals surface area contributed by atoms with E-state index in [-0.39, 0.29) is 18.1 Å². The van der Waals surface area contributed by atoms with Gasteiger partial charge in [0.15, 0.2) is 0 Å². The van der Waals surface area contributed by atoms with E-state index in [1.54, 1.807) is 0 Å². The van der Waals surface area contributed by atoms with E-state index in [2.05, 4.69) is 83.7 Å². The zero-order chi connectivity index (χ0) is 26.5. The van der Waals surface area contributed by atoms with Crippen LogP contribution in [0.2, 0.25) is 0 Å². The molecule has 2 aromatic carbocycles. The lowest BCUT2D eigenvalue weighted by Gasteiger charge is -2.39. The monoisotopic (exact) mass is 500 g/mol. The van der Waals surface area contributed by atoms with Crippen LogP contribution in [0.15, 0.2) is 83.3 Å². The van der Waals surface area contributed by atoms with Gasteiger partial charge in [-0.1, -0.05) is 61.5 Å². The fourth-order valence-corrected chi connectivity index (χ4v) is 5.29. The van der Waals surface area contributed by atoms with Crippen molar-refractivity contribution >= 4 is 17.5 Å². The second-order valence-corrected chi connectivity index (χ2v) is 10.1. The molecular formula is C31H40N4O2. The van der Waals surface area contributed by atoms with Crippen LogP contribution >= 0.6 is 0 Å². The standard InChI is InChI=1S/C31H40N4O2/c1-7-28-32-24(5)29(31(36)37-22(2)3)30(26-14-11-13-23(4)21-26)35(28)18-12-17-33-19-20-34(25(33)6)27-15-9-8-10-16-27/h8-11,13-16,21-22,30H,6-7,12,17-20H2,1-5H3. The Kier molecular flexibility index (Phi) is 8.37. The molecular weight excluding hydrogens is 460 g/mol. The summed E-state index contributed by atoms with van der Waals surface area (Å²) < 4.78 is 5.69. The molecule has 1 unspecified atom stereocenters. The van der Waals surface area contributed by atoms with Gasteiger partial charge in [0.25, 0.3) is 0 Å². The van der Waals surface area contributed by atoms with Gasteiger partial charge in [0.2, 0.25) is 0 Å². The first-order valence-corrected chi connectivity index (χ1v) is 13.4. The fraction of sp³-hybridized carbons (Fsp3) is 0.419. The van der Waals surface area contributed by atoms with E-state index in [9.17, 15) is 4.79 Å². The second-order valence-electron chi connectivity index (χ2n) is 10.1. The number of para-hydroxylation sites is 1. The van der Waals surface area contributed by atoms with Crippen LogP contribution in [0.1, 0.15) is 57.7 Å². The predicted octanol–water partition coefficient (Wildman–Crippen LogP) is 6.07. The van der Waals surface area contributed by atoms with Gasteiger partial charge < -0.3 is 19.4 Å². The molecule has 2 aliphatic heterocycles. The first-order valence-electron chi connectivity index (χ1n) is 13.4. The molecule has 1 saturated heterocycles. The molecule has 2 aromatic rings. The Morgan fingerprint density at radius 2 is 1.84 bits per heavy atom. The Morgan fingerprint density at radius 3 is 2.51 bits per heavy atom. The molecule has 37 heavy (non-hydrogen) atoms. The first kappa shape index (κ1) is 26.5. The van der Waals surface area contributed by atoms with Gasteiger partial charge in [-0.3, -0.25) is 0 Å². The molecule has 0 aromatic heterocycles. The van der Waals surface area contributed by atoms with Crippen LogP contribution < -0.4 is 4.90 Å². The van der Waals surface area contributed by atoms with E-state index in [1.165, 1.54) is 11.3 Å². The lowest BCUT2D eigenvalue weighted by atomic mass is 9.92. The molecule has 2 heterocycles. The molecule has 1 fully saturated rings. The van der Waals surface area contributed by atoms with Gasteiger partial charge >= 0.3 is 5.97 Å². The molecule has 0 radical (unpaired) electrons. The number of ether oxygens (including phenoxy) is 1. The van der Waals surface area contributed by atoms with E-state index in [0.29, 0.717) is 5.57 Å². The zero-order valence-corrected chi connectivity index (χ0v) is 22.9. The van der Waals surface area contributed by atoms with Gasteiger partial charge in [-0.25, -0.2) is 9.79 Å². The molecule has 0 amide bonds. The Hall–Kier alpha value is -3.54. The van der Waals surface area contributed by atoms with Crippen molar-refractivity contribution in [3.63, 3.8) is 0 Å². The van der Waals surface area contributed by atoms with E-state index in [1.807, 2.05) is 26.8 Å². The summed E-state index contributed by atoms with van der Waals surface area (Å²) in [5.74, 6) is 1.77. The number of hydrogen-bond acceptors (Lipinski definition) is 6. The Balaban J connectivity index is 1.55. The van der Waals surface area contributed by atoms with E-state index in [0.717, 1.165) is 61.9 Å². The number of benzene rings is 2. The number of allylic oxidation sites excluding steroid dienone is 1. The molecule has 0 saturated carbocycles. The minimum absolute atomic E-state index is 0.190. The highest BCUT2D eigenvalue weighted by Crippen LogP contribution is 2.37. The number of esters is 1. The third-order valence-electron chi connectivity index (χ3n) is 7.00. The molecule has 4 rings (SSSR count). The van der Waals surface area contributed by atoms with Gasteiger partial charge in [0.1, 0.15) is 11.7 Å². The highest BCUT2D eigenvalue weighted by Gasteiger charge is 2.36. The lowest BCUT2D eigenvalue weighted by molar-refractivity contribution is -0.143. The molecule has 6 heteroatoms. The molecule has 0 bridgehead atoms. The van der Waals surface area contributed by atoms with Crippen molar-refractivity contribution in [3.8, 4) is 0 Å². The third-order valence-corrected chi connectivity index (χ3v) is 7.00. The van der Waals surface area contributed by atoms with Gasteiger partial charge in [0.05, 0.1) is 23.4 Å². The minimum atomic E-state index is -0.283. The summed E-state index contributed by atoms with van der Waals surface area (Å²) in [6.45, 7) is 17.9. The van der Waals surface area contributed by atoms with Crippen LogP contribution in [-0.2, 0) is 9.53 Å². The molecule has 0 aliphatic carbocycles. The van der Waals surface area contributed by atoms with Gasteiger partial charge in [-0.05, 0) is 51.8 Å². The average Bonchev–Trinajstić information content (AvgIpc) is 3.24. The highest BCUT2D eigenvalue weighted by molar-refractivity contribution is 5.95. The summed E-state index contributed by atoms with van der Waals surface area (Å²) >= 11 is 0. The molecule has 0 N–H and O–H groups in total. The number of amidine groups is 1. The van der Waals surface area contributed by atoms with E-state index < -0.39 is 0 Å². The van der Waals surface area contributed by atoms with Crippen molar-refractivity contribution in [2.75, 3.05) is 31.1 Å². The number of carbonyl (C=O) groups excluding carboxylic acids is 1. The van der Waals surface area contributed by atoms with Crippen LogP contribution in [0, 0.1) is 6.92 Å². The number of carbonyl (C=O) groups is 1. The summed E-state index contributed by atoms with van der Waals surface area (Å²) in [4.78, 5) is 25.2. The second kappa shape index (κ2) is 11.7. The Bertz CT molecular complexity index is 1180. The van der Waals surface area contributed by atoms with Crippen molar-refractivity contribution in [1.82, 2.24) is 9.80 Å². The molecule has 6 nitrogen and oxygen atoms in total. The maximum Gasteiger partial charge on any atom is 0.338 e. The summed E-state index contributed by atoms with van der Waals surface area (Å²) in [5.41, 5.74) is 4.83. The summed E-state index contributed by atoms with van der Waals surface area (Å²) in [7, 11) is 0. The lowest BCUT2D eigenvalue weighted by Crippen LogP contribution is -2.42. The topological polar surface area (TPSA) is 48.4 Å². The van der Waals surface area contributed by atoms with Crippen molar-refractivity contribution in [1.29, 1.82) is 0 Å². The first-order chi connectivity index (χ1) is 17.8. The Labute approximate surface area is 221 Å². The van der Waals surface area contributed by atoms with Crippen LogP contribution in [0.5, 0.6) is 0 Å². The molecule has 2 aliphatic rings. The van der Waals surface area contributed by atoms with Crippen molar-refractivity contribution in [2.45, 2.75) is 59.6 Å². The fourth-order valence-electron chi connectivity index (χ4n) is 5.29. The number of rotatable bonds is 9. The van der Waals surface area contributed by atoms with Crippen molar-refractivity contribution in [3.05, 3.63) is 89.4 Å². The molecule has 1 atom stereocenters. The van der Waals surface area contributed by atoms with Crippen LogP contribution in [0.3, 0.4) is 0 Å². The number of anilines is 1. The maximum absolute atomic E-state index is 13.3. The van der Waals surface area contributed by atoms with Gasteiger partial charge in [0, 0.05) is 38.3 Å². The minimum Gasteiger partial charge on any atom is -0.459 e. The van der Waals surface area contributed by atoms with Gasteiger partial charge in [-0.15, -0.1) is 0 Å². The molecule has 0 spiro atoms. The Morgan fingerprint density at radius 1 is 1.08 bits per heavy atom. The van der Waals surface area contributed by atoms with E-state index >= 15 is 0 Å². The summed E-state index contributed by atoms with van der Waals surface area (Å²) in [6, 6.07) is 18.6. The smallest absolute Gasteiger partial charge is 0.338 e. The zero-order valence-electron chi connectivity index (χ0n) is 22.9. The highest BCUT2D eigenvalue weighted by atomic mass is 16.5. The third kappa shape index (κ3) is 5.90. The summed E-state index contributed by atoms with van der Waals surface area (Å²) in [6.07, 6.45) is 1.53. The van der Waals surface area contributed by atoms with Crippen LogP contribution in [-0.4, -0.2) is 53.9 Å². The van der Waals surface area contributed by atoms with Crippen molar-refractivity contribution in [2.24, 2.45) is 4.99 Å². The normalized spacial score (nSPS) is 18.1. The van der Waals surface area contributed by atoms with Crippen molar-refractivity contribution < 1.29 is 9.53 Å². The average molecular weight is 501 g/mol. The number of nitrogens with zero attached hydrogens (tertiary/aromatic N) is 4. The van der Waals surface area contributed by atoms with E-state index in [4.69, 9.17) is 9.73 Å². The van der Waals surface area contributed by atoms with Crippen LogP contribution in [0.25, 0.3) is 0 Å². The number of aryl methyl sites for hydroxylation is 1.